The summed E-state index contributed by atoms with van der Waals surface area (Å²) in [5.74, 6) is 0.765. The number of amides is 1. The van der Waals surface area contributed by atoms with E-state index in [4.69, 9.17) is 0 Å². The highest BCUT2D eigenvalue weighted by Gasteiger charge is 2.24. The molecule has 0 bridgehead atoms. The fourth-order valence-electron chi connectivity index (χ4n) is 2.37. The lowest BCUT2D eigenvalue weighted by atomic mass is 10.2. The van der Waals surface area contributed by atoms with Crippen LogP contribution in [0.4, 0.5) is 5.95 Å². The molecule has 7 nitrogen and oxygen atoms in total. The molecule has 7 heteroatoms. The Kier molecular flexibility index (Phi) is 3.55. The van der Waals surface area contributed by atoms with Crippen LogP contribution in [0.25, 0.3) is 0 Å². The molecule has 0 radical (unpaired) electrons. The first kappa shape index (κ1) is 13.5. The Morgan fingerprint density at radius 2 is 1.76 bits per heavy atom. The minimum absolute atomic E-state index is 0.0348. The molecule has 21 heavy (non-hydrogen) atoms. The predicted octanol–water partition coefficient (Wildman–Crippen LogP) is 0.481. The SMILES string of the molecule is Cc1cnc(N2CCN(C(=O)c3cnn(C)c3)CC2)nc1. The second kappa shape index (κ2) is 5.51. The molecule has 0 N–H and O–H groups in total. The fourth-order valence-corrected chi connectivity index (χ4v) is 2.37. The molecule has 0 spiro atoms. The lowest BCUT2D eigenvalue weighted by Gasteiger charge is -2.34. The van der Waals surface area contributed by atoms with Crippen LogP contribution >= 0.6 is 0 Å². The minimum Gasteiger partial charge on any atom is -0.337 e. The van der Waals surface area contributed by atoms with Gasteiger partial charge >= 0.3 is 0 Å². The van der Waals surface area contributed by atoms with E-state index in [9.17, 15) is 4.79 Å². The van der Waals surface area contributed by atoms with Crippen LogP contribution in [0.15, 0.2) is 24.8 Å². The van der Waals surface area contributed by atoms with Gasteiger partial charge in [-0.25, -0.2) is 9.97 Å². The molecule has 2 aromatic rings. The topological polar surface area (TPSA) is 67.2 Å². The quantitative estimate of drug-likeness (QED) is 0.803. The van der Waals surface area contributed by atoms with Gasteiger partial charge in [0.1, 0.15) is 0 Å². The molecule has 3 heterocycles. The van der Waals surface area contributed by atoms with Gasteiger partial charge in [0.05, 0.1) is 11.8 Å². The number of carbonyl (C=O) groups is 1. The van der Waals surface area contributed by atoms with Crippen molar-refractivity contribution in [2.24, 2.45) is 7.05 Å². The van der Waals surface area contributed by atoms with Crippen molar-refractivity contribution in [3.05, 3.63) is 35.9 Å². The lowest BCUT2D eigenvalue weighted by molar-refractivity contribution is 0.0746. The molecule has 0 unspecified atom stereocenters. The molecule has 1 saturated heterocycles. The molecule has 0 aromatic carbocycles. The highest BCUT2D eigenvalue weighted by molar-refractivity contribution is 5.93. The van der Waals surface area contributed by atoms with Crippen LogP contribution in [0.1, 0.15) is 15.9 Å². The van der Waals surface area contributed by atoms with E-state index in [0.717, 1.165) is 24.6 Å². The van der Waals surface area contributed by atoms with Crippen molar-refractivity contribution in [2.75, 3.05) is 31.1 Å². The Labute approximate surface area is 123 Å². The van der Waals surface area contributed by atoms with Gasteiger partial charge in [-0.1, -0.05) is 0 Å². The molecular weight excluding hydrogens is 268 g/mol. The van der Waals surface area contributed by atoms with Crippen molar-refractivity contribution >= 4 is 11.9 Å². The van der Waals surface area contributed by atoms with Crippen LogP contribution < -0.4 is 4.90 Å². The van der Waals surface area contributed by atoms with Gasteiger partial charge in [0.25, 0.3) is 5.91 Å². The summed E-state index contributed by atoms with van der Waals surface area (Å²) in [7, 11) is 1.81. The highest BCUT2D eigenvalue weighted by atomic mass is 16.2. The van der Waals surface area contributed by atoms with Gasteiger partial charge in [0.2, 0.25) is 5.95 Å². The summed E-state index contributed by atoms with van der Waals surface area (Å²) in [5.41, 5.74) is 1.68. The number of anilines is 1. The van der Waals surface area contributed by atoms with E-state index < -0.39 is 0 Å². The Hall–Kier alpha value is -2.44. The minimum atomic E-state index is 0.0348. The average molecular weight is 286 g/mol. The zero-order valence-electron chi connectivity index (χ0n) is 12.2. The van der Waals surface area contributed by atoms with Gasteiger partial charge in [0, 0.05) is 51.8 Å². The van der Waals surface area contributed by atoms with Gasteiger partial charge in [-0.15, -0.1) is 0 Å². The Bertz CT molecular complexity index is 627. The van der Waals surface area contributed by atoms with Crippen molar-refractivity contribution in [1.82, 2.24) is 24.6 Å². The summed E-state index contributed by atoms with van der Waals surface area (Å²) >= 11 is 0. The third-order valence-corrected chi connectivity index (χ3v) is 3.57. The maximum absolute atomic E-state index is 12.3. The van der Waals surface area contributed by atoms with Gasteiger partial charge < -0.3 is 9.80 Å². The van der Waals surface area contributed by atoms with Crippen molar-refractivity contribution in [1.29, 1.82) is 0 Å². The summed E-state index contributed by atoms with van der Waals surface area (Å²) < 4.78 is 1.64. The van der Waals surface area contributed by atoms with E-state index in [1.165, 1.54) is 0 Å². The molecule has 1 amide bonds. The average Bonchev–Trinajstić information content (AvgIpc) is 2.94. The second-order valence-electron chi connectivity index (χ2n) is 5.24. The summed E-state index contributed by atoms with van der Waals surface area (Å²) in [5, 5.41) is 4.04. The largest absolute Gasteiger partial charge is 0.337 e. The number of nitrogens with zero attached hydrogens (tertiary/aromatic N) is 6. The molecule has 1 fully saturated rings. The highest BCUT2D eigenvalue weighted by Crippen LogP contribution is 2.12. The smallest absolute Gasteiger partial charge is 0.257 e. The zero-order valence-corrected chi connectivity index (χ0v) is 12.2. The molecule has 1 aliphatic heterocycles. The number of aromatic nitrogens is 4. The fraction of sp³-hybridized carbons (Fsp3) is 0.429. The lowest BCUT2D eigenvalue weighted by Crippen LogP contribution is -2.49. The Morgan fingerprint density at radius 1 is 1.10 bits per heavy atom. The summed E-state index contributed by atoms with van der Waals surface area (Å²) in [6.07, 6.45) is 6.99. The molecule has 2 aromatic heterocycles. The second-order valence-corrected chi connectivity index (χ2v) is 5.24. The van der Waals surface area contributed by atoms with Gasteiger partial charge in [-0.05, 0) is 12.5 Å². The van der Waals surface area contributed by atoms with Crippen LogP contribution in [-0.2, 0) is 7.05 Å². The van der Waals surface area contributed by atoms with E-state index in [0.29, 0.717) is 18.7 Å². The van der Waals surface area contributed by atoms with Crippen LogP contribution in [-0.4, -0.2) is 56.7 Å². The van der Waals surface area contributed by atoms with E-state index in [1.807, 2.05) is 31.3 Å². The van der Waals surface area contributed by atoms with Gasteiger partial charge in [-0.2, -0.15) is 5.10 Å². The maximum atomic E-state index is 12.3. The normalized spacial score (nSPS) is 15.3. The predicted molar refractivity (Wildman–Crippen MR) is 78.1 cm³/mol. The summed E-state index contributed by atoms with van der Waals surface area (Å²) in [6.45, 7) is 4.80. The number of carbonyl (C=O) groups excluding carboxylic acids is 1. The van der Waals surface area contributed by atoms with Crippen LogP contribution in [0.3, 0.4) is 0 Å². The molecule has 1 aliphatic rings. The van der Waals surface area contributed by atoms with Crippen LogP contribution in [0.5, 0.6) is 0 Å². The third kappa shape index (κ3) is 2.86. The number of piperazine rings is 1. The first-order valence-corrected chi connectivity index (χ1v) is 6.95. The Balaban J connectivity index is 1.62. The molecule has 0 aliphatic carbocycles. The van der Waals surface area contributed by atoms with Crippen molar-refractivity contribution < 1.29 is 4.79 Å². The molecule has 110 valence electrons. The first-order valence-electron chi connectivity index (χ1n) is 6.95. The van der Waals surface area contributed by atoms with Crippen molar-refractivity contribution in [3.63, 3.8) is 0 Å². The van der Waals surface area contributed by atoms with Crippen LogP contribution in [0, 0.1) is 6.92 Å². The Morgan fingerprint density at radius 3 is 2.33 bits per heavy atom. The van der Waals surface area contributed by atoms with Crippen LogP contribution in [0.2, 0.25) is 0 Å². The molecule has 0 atom stereocenters. The van der Waals surface area contributed by atoms with Gasteiger partial charge in [0.15, 0.2) is 0 Å². The zero-order chi connectivity index (χ0) is 14.8. The molecule has 3 rings (SSSR count). The van der Waals surface area contributed by atoms with E-state index in [-0.39, 0.29) is 5.91 Å². The molecule has 0 saturated carbocycles. The summed E-state index contributed by atoms with van der Waals surface area (Å²) in [4.78, 5) is 24.9. The van der Waals surface area contributed by atoms with E-state index in [1.54, 1.807) is 17.1 Å². The maximum Gasteiger partial charge on any atom is 0.257 e. The van der Waals surface area contributed by atoms with Crippen molar-refractivity contribution in [3.8, 4) is 0 Å². The van der Waals surface area contributed by atoms with Crippen molar-refractivity contribution in [2.45, 2.75) is 6.92 Å². The van der Waals surface area contributed by atoms with E-state index in [2.05, 4.69) is 20.0 Å². The summed E-state index contributed by atoms with van der Waals surface area (Å²) in [6, 6.07) is 0. The van der Waals surface area contributed by atoms with Gasteiger partial charge in [-0.3, -0.25) is 9.48 Å². The standard InChI is InChI=1S/C14H18N6O/c1-11-7-15-14(16-8-11)20-5-3-19(4-6-20)13(21)12-9-17-18(2)10-12/h7-10H,3-6H2,1-2H3. The molecular formula is C14H18N6O. The number of hydrogen-bond acceptors (Lipinski definition) is 5. The first-order chi connectivity index (χ1) is 10.1. The third-order valence-electron chi connectivity index (χ3n) is 3.57. The number of hydrogen-bond donors (Lipinski definition) is 0. The number of aryl methyl sites for hydroxylation is 2. The monoisotopic (exact) mass is 286 g/mol. The number of rotatable bonds is 2. The van der Waals surface area contributed by atoms with E-state index >= 15 is 0 Å².